The van der Waals surface area contributed by atoms with E-state index in [1.54, 1.807) is 4.90 Å². The van der Waals surface area contributed by atoms with E-state index in [4.69, 9.17) is 5.73 Å². The molecule has 2 N–H and O–H groups in total. The van der Waals surface area contributed by atoms with Crippen LogP contribution in [0.2, 0.25) is 0 Å². The summed E-state index contributed by atoms with van der Waals surface area (Å²) >= 11 is 0. The molecule has 2 amide bonds. The van der Waals surface area contributed by atoms with Gasteiger partial charge in [-0.1, -0.05) is 0 Å². The van der Waals surface area contributed by atoms with Crippen molar-refractivity contribution in [2.75, 3.05) is 26.2 Å². The van der Waals surface area contributed by atoms with Crippen LogP contribution in [0.4, 0.5) is 0 Å². The van der Waals surface area contributed by atoms with Gasteiger partial charge in [0.2, 0.25) is 11.8 Å². The maximum Gasteiger partial charge on any atom is 0.242 e. The molecule has 1 aliphatic carbocycles. The third kappa shape index (κ3) is 2.28. The number of amides is 2. The Kier molecular flexibility index (Phi) is 2.90. The zero-order valence-electron chi connectivity index (χ0n) is 8.82. The zero-order valence-corrected chi connectivity index (χ0v) is 8.82. The fraction of sp³-hybridized carbons (Fsp3) is 0.800. The third-order valence-corrected chi connectivity index (χ3v) is 2.96. The summed E-state index contributed by atoms with van der Waals surface area (Å²) in [6.45, 7) is 1.96. The molecule has 0 unspecified atom stereocenters. The molecule has 2 fully saturated rings. The maximum absolute atomic E-state index is 11.7. The lowest BCUT2D eigenvalue weighted by Gasteiger charge is -2.34. The van der Waals surface area contributed by atoms with E-state index in [0.717, 1.165) is 12.8 Å². The molecule has 1 aliphatic heterocycles. The van der Waals surface area contributed by atoms with Gasteiger partial charge in [-0.25, -0.2) is 0 Å². The monoisotopic (exact) mass is 211 g/mol. The molecule has 5 nitrogen and oxygen atoms in total. The summed E-state index contributed by atoms with van der Waals surface area (Å²) in [4.78, 5) is 26.7. The number of carbonyl (C=O) groups excluding carboxylic acids is 2. The van der Waals surface area contributed by atoms with E-state index in [1.165, 1.54) is 0 Å². The highest BCUT2D eigenvalue weighted by Gasteiger charge is 2.36. The first-order chi connectivity index (χ1) is 7.22. The van der Waals surface area contributed by atoms with Crippen molar-refractivity contribution in [1.82, 2.24) is 9.80 Å². The van der Waals surface area contributed by atoms with Crippen molar-refractivity contribution in [3.8, 4) is 0 Å². The Morgan fingerprint density at radius 2 is 2.13 bits per heavy atom. The molecule has 2 aliphatic rings. The topological polar surface area (TPSA) is 66.6 Å². The van der Waals surface area contributed by atoms with Crippen LogP contribution in [0.15, 0.2) is 0 Å². The summed E-state index contributed by atoms with van der Waals surface area (Å²) in [5.74, 6) is 0.0930. The van der Waals surface area contributed by atoms with Crippen molar-refractivity contribution in [3.63, 3.8) is 0 Å². The Balaban J connectivity index is 1.87. The van der Waals surface area contributed by atoms with Gasteiger partial charge in [-0.3, -0.25) is 9.59 Å². The van der Waals surface area contributed by atoms with E-state index >= 15 is 0 Å². The van der Waals surface area contributed by atoms with Crippen LogP contribution in [0.25, 0.3) is 0 Å². The van der Waals surface area contributed by atoms with Gasteiger partial charge >= 0.3 is 0 Å². The lowest BCUT2D eigenvalue weighted by Crippen LogP contribution is -2.53. The molecule has 0 spiro atoms. The predicted octanol–water partition coefficient (Wildman–Crippen LogP) is -0.832. The van der Waals surface area contributed by atoms with Crippen molar-refractivity contribution in [2.45, 2.75) is 25.3 Å². The van der Waals surface area contributed by atoms with Gasteiger partial charge in [0.15, 0.2) is 0 Å². The summed E-state index contributed by atoms with van der Waals surface area (Å²) in [6, 6.07) is 0.462. The highest BCUT2D eigenvalue weighted by atomic mass is 16.2. The second-order valence-electron chi connectivity index (χ2n) is 4.17. The summed E-state index contributed by atoms with van der Waals surface area (Å²) in [5.41, 5.74) is 5.31. The third-order valence-electron chi connectivity index (χ3n) is 2.96. The molecule has 1 heterocycles. The first kappa shape index (κ1) is 10.4. The minimum Gasteiger partial charge on any atom is -0.336 e. The Bertz CT molecular complexity index is 276. The van der Waals surface area contributed by atoms with Gasteiger partial charge in [0.05, 0.1) is 6.54 Å². The van der Waals surface area contributed by atoms with Gasteiger partial charge in [-0.05, 0) is 12.8 Å². The Morgan fingerprint density at radius 3 is 2.67 bits per heavy atom. The Hall–Kier alpha value is -1.10. The Labute approximate surface area is 89.2 Å². The quantitative estimate of drug-likeness (QED) is 0.662. The molecule has 84 valence electrons. The molecule has 1 saturated heterocycles. The van der Waals surface area contributed by atoms with Gasteiger partial charge in [-0.15, -0.1) is 0 Å². The van der Waals surface area contributed by atoms with Crippen molar-refractivity contribution in [1.29, 1.82) is 0 Å². The molecule has 0 aromatic rings. The van der Waals surface area contributed by atoms with Crippen LogP contribution in [0.5, 0.6) is 0 Å². The second-order valence-corrected chi connectivity index (χ2v) is 4.17. The lowest BCUT2D eigenvalue weighted by atomic mass is 10.2. The summed E-state index contributed by atoms with van der Waals surface area (Å²) in [6.07, 6.45) is 2.60. The average Bonchev–Trinajstić information content (AvgIpc) is 3.01. The van der Waals surface area contributed by atoms with Crippen LogP contribution in [0.3, 0.4) is 0 Å². The average molecular weight is 211 g/mol. The molecular formula is C10H17N3O2. The normalized spacial score (nSPS) is 22.1. The van der Waals surface area contributed by atoms with Crippen molar-refractivity contribution < 1.29 is 9.59 Å². The van der Waals surface area contributed by atoms with E-state index in [9.17, 15) is 9.59 Å². The van der Waals surface area contributed by atoms with Gasteiger partial charge < -0.3 is 15.5 Å². The van der Waals surface area contributed by atoms with Crippen LogP contribution < -0.4 is 5.73 Å². The van der Waals surface area contributed by atoms with Crippen molar-refractivity contribution in [3.05, 3.63) is 0 Å². The maximum atomic E-state index is 11.7. The smallest absolute Gasteiger partial charge is 0.242 e. The highest BCUT2D eigenvalue weighted by molar-refractivity contribution is 5.86. The van der Waals surface area contributed by atoms with Crippen LogP contribution in [0, 0.1) is 0 Å². The number of rotatable bonds is 3. The van der Waals surface area contributed by atoms with E-state index in [1.807, 2.05) is 4.90 Å². The minimum absolute atomic E-state index is 0.00120. The van der Waals surface area contributed by atoms with Crippen LogP contribution in [-0.2, 0) is 9.59 Å². The molecule has 0 atom stereocenters. The standard InChI is InChI=1S/C10H17N3O2/c11-4-3-9(14)12-5-6-13(8-1-2-8)10(15)7-12/h8H,1-7,11H2. The fourth-order valence-corrected chi connectivity index (χ4v) is 1.95. The van der Waals surface area contributed by atoms with Gasteiger partial charge in [-0.2, -0.15) is 0 Å². The number of hydrogen-bond acceptors (Lipinski definition) is 3. The van der Waals surface area contributed by atoms with E-state index in [2.05, 4.69) is 0 Å². The summed E-state index contributed by atoms with van der Waals surface area (Å²) in [5, 5.41) is 0. The first-order valence-corrected chi connectivity index (χ1v) is 5.49. The largest absolute Gasteiger partial charge is 0.336 e. The predicted molar refractivity (Wildman–Crippen MR) is 55.0 cm³/mol. The molecule has 2 rings (SSSR count). The number of nitrogens with two attached hydrogens (primary N) is 1. The molecule has 0 aromatic heterocycles. The highest BCUT2D eigenvalue weighted by Crippen LogP contribution is 2.28. The molecule has 0 bridgehead atoms. The minimum atomic E-state index is 0.00120. The molecule has 0 radical (unpaired) electrons. The number of carbonyl (C=O) groups is 2. The van der Waals surface area contributed by atoms with Crippen LogP contribution in [-0.4, -0.2) is 53.8 Å². The number of nitrogens with zero attached hydrogens (tertiary/aromatic N) is 2. The molecule has 5 heteroatoms. The molecule has 1 saturated carbocycles. The molecule has 15 heavy (non-hydrogen) atoms. The lowest BCUT2D eigenvalue weighted by molar-refractivity contribution is -0.145. The summed E-state index contributed by atoms with van der Waals surface area (Å²) < 4.78 is 0. The van der Waals surface area contributed by atoms with Gasteiger partial charge in [0.1, 0.15) is 0 Å². The number of piperazine rings is 1. The van der Waals surface area contributed by atoms with E-state index < -0.39 is 0 Å². The second kappa shape index (κ2) is 4.18. The van der Waals surface area contributed by atoms with E-state index in [-0.39, 0.29) is 18.4 Å². The summed E-state index contributed by atoms with van der Waals surface area (Å²) in [7, 11) is 0. The van der Waals surface area contributed by atoms with Crippen molar-refractivity contribution >= 4 is 11.8 Å². The van der Waals surface area contributed by atoms with Crippen LogP contribution >= 0.6 is 0 Å². The van der Waals surface area contributed by atoms with Crippen LogP contribution in [0.1, 0.15) is 19.3 Å². The molecule has 0 aromatic carbocycles. The molecular weight excluding hydrogens is 194 g/mol. The zero-order chi connectivity index (χ0) is 10.8. The fourth-order valence-electron chi connectivity index (χ4n) is 1.95. The Morgan fingerprint density at radius 1 is 1.40 bits per heavy atom. The SMILES string of the molecule is NCCC(=O)N1CCN(C2CC2)C(=O)C1. The van der Waals surface area contributed by atoms with Gasteiger partial charge in [0, 0.05) is 32.1 Å². The van der Waals surface area contributed by atoms with E-state index in [0.29, 0.717) is 32.1 Å². The first-order valence-electron chi connectivity index (χ1n) is 5.49. The van der Waals surface area contributed by atoms with Gasteiger partial charge in [0.25, 0.3) is 0 Å². The van der Waals surface area contributed by atoms with Crippen molar-refractivity contribution in [2.24, 2.45) is 5.73 Å². The number of hydrogen-bond donors (Lipinski definition) is 1.